The van der Waals surface area contributed by atoms with Crippen LogP contribution >= 0.6 is 0 Å². The second-order valence-electron chi connectivity index (χ2n) is 12.6. The van der Waals surface area contributed by atoms with E-state index in [1.165, 1.54) is 71.5 Å². The van der Waals surface area contributed by atoms with E-state index in [9.17, 15) is 0 Å². The van der Waals surface area contributed by atoms with Gasteiger partial charge in [-0.05, 0) is 55.0 Å². The summed E-state index contributed by atoms with van der Waals surface area (Å²) in [6.45, 7) is 2.36. The van der Waals surface area contributed by atoms with Gasteiger partial charge in [-0.3, -0.25) is 0 Å². The van der Waals surface area contributed by atoms with Gasteiger partial charge in [-0.15, -0.1) is 0 Å². The van der Waals surface area contributed by atoms with Crippen molar-refractivity contribution in [3.05, 3.63) is 157 Å². The predicted octanol–water partition coefficient (Wildman–Crippen LogP) is 11.3. The fourth-order valence-corrected chi connectivity index (χ4v) is 8.09. The van der Waals surface area contributed by atoms with Gasteiger partial charge in [0.15, 0.2) is 0 Å². The third-order valence-electron chi connectivity index (χ3n) is 10.0. The molecular formula is C43H31N3. The number of benzene rings is 6. The van der Waals surface area contributed by atoms with Crippen LogP contribution in [0.5, 0.6) is 0 Å². The van der Waals surface area contributed by atoms with Crippen molar-refractivity contribution in [2.75, 3.05) is 0 Å². The van der Waals surface area contributed by atoms with Crippen molar-refractivity contribution < 1.29 is 0 Å². The molecule has 6 aromatic carbocycles. The van der Waals surface area contributed by atoms with Gasteiger partial charge in [0.2, 0.25) is 0 Å². The van der Waals surface area contributed by atoms with Crippen LogP contribution < -0.4 is 0 Å². The molecule has 3 heterocycles. The molecule has 0 saturated heterocycles. The van der Waals surface area contributed by atoms with Crippen LogP contribution in [-0.2, 0) is 0 Å². The van der Waals surface area contributed by atoms with Crippen LogP contribution in [0.3, 0.4) is 0 Å². The zero-order valence-corrected chi connectivity index (χ0v) is 25.6. The highest BCUT2D eigenvalue weighted by Gasteiger charge is 2.25. The molecule has 3 aromatic heterocycles. The highest BCUT2D eigenvalue weighted by molar-refractivity contribution is 6.10. The van der Waals surface area contributed by atoms with Crippen molar-refractivity contribution in [3.8, 4) is 17.1 Å². The monoisotopic (exact) mass is 589 g/mol. The third-order valence-corrected chi connectivity index (χ3v) is 10.0. The molecule has 1 atom stereocenters. The number of hydrogen-bond acceptors (Lipinski definition) is 0. The first kappa shape index (κ1) is 25.5. The van der Waals surface area contributed by atoms with Gasteiger partial charge in [-0.2, -0.15) is 0 Å². The molecule has 1 aliphatic carbocycles. The summed E-state index contributed by atoms with van der Waals surface area (Å²) in [4.78, 5) is 0. The third kappa shape index (κ3) is 3.48. The normalized spacial score (nSPS) is 14.7. The molecule has 0 saturated carbocycles. The van der Waals surface area contributed by atoms with Crippen LogP contribution in [0.15, 0.2) is 146 Å². The Hall–Kier alpha value is -5.80. The number of fused-ring (bicyclic) bond motifs is 9. The fourth-order valence-electron chi connectivity index (χ4n) is 8.09. The number of aromatic nitrogens is 3. The fraction of sp³-hybridized carbons (Fsp3) is 0.0698. The second kappa shape index (κ2) is 9.60. The lowest BCUT2D eigenvalue weighted by molar-refractivity contribution is 0.723. The molecule has 0 N–H and O–H groups in total. The minimum atomic E-state index is 0.404. The van der Waals surface area contributed by atoms with Gasteiger partial charge in [0.1, 0.15) is 0 Å². The van der Waals surface area contributed by atoms with E-state index in [4.69, 9.17) is 0 Å². The first-order valence-electron chi connectivity index (χ1n) is 16.2. The number of nitrogens with zero attached hydrogens (tertiary/aromatic N) is 3. The van der Waals surface area contributed by atoms with Gasteiger partial charge in [-0.1, -0.05) is 110 Å². The topological polar surface area (TPSA) is 14.8 Å². The standard InChI is InChI=1S/C43H31N3/c1-28-13-12-19-37-36-18-6-11-24-42(36)46(43(28)37)31-26-29(44-38-20-7-2-14-32(38)33-15-3-8-21-39(33)44)25-30(27-31)45-40-22-9-4-16-34(40)35-17-5-10-23-41(35)45/h2-12,14-28H,13H2,1H3. The maximum atomic E-state index is 2.54. The minimum absolute atomic E-state index is 0.404. The molecule has 1 aliphatic rings. The van der Waals surface area contributed by atoms with Gasteiger partial charge in [0, 0.05) is 44.1 Å². The van der Waals surface area contributed by atoms with Gasteiger partial charge in [0.25, 0.3) is 0 Å². The van der Waals surface area contributed by atoms with Crippen LogP contribution in [0.2, 0.25) is 0 Å². The molecule has 3 nitrogen and oxygen atoms in total. The molecule has 3 heteroatoms. The van der Waals surface area contributed by atoms with Gasteiger partial charge in [0.05, 0.1) is 44.6 Å². The van der Waals surface area contributed by atoms with E-state index in [0.717, 1.165) is 17.8 Å². The van der Waals surface area contributed by atoms with E-state index in [0.29, 0.717) is 5.92 Å². The molecule has 0 spiro atoms. The SMILES string of the molecule is CC1CC=Cc2c1n(-c1cc(-n3c4ccccc4c4ccccc43)cc(-n3c4ccccc4c4ccccc43)c1)c1ccccc21. The second-order valence-corrected chi connectivity index (χ2v) is 12.6. The van der Waals surface area contributed by atoms with Gasteiger partial charge in [-0.25, -0.2) is 0 Å². The van der Waals surface area contributed by atoms with Crippen LogP contribution in [-0.4, -0.2) is 13.7 Å². The lowest BCUT2D eigenvalue weighted by Crippen LogP contribution is -2.09. The van der Waals surface area contributed by atoms with E-state index in [1.807, 2.05) is 0 Å². The van der Waals surface area contributed by atoms with Crippen LogP contribution in [0, 0.1) is 0 Å². The number of allylic oxidation sites excluding steroid dienone is 1. The van der Waals surface area contributed by atoms with Crippen molar-refractivity contribution >= 4 is 60.6 Å². The van der Waals surface area contributed by atoms with Crippen molar-refractivity contribution in [1.82, 2.24) is 13.7 Å². The molecule has 9 aromatic rings. The number of rotatable bonds is 3. The predicted molar refractivity (Wildman–Crippen MR) is 194 cm³/mol. The largest absolute Gasteiger partial charge is 0.313 e. The quantitative estimate of drug-likeness (QED) is 0.195. The van der Waals surface area contributed by atoms with E-state index in [1.54, 1.807) is 0 Å². The van der Waals surface area contributed by atoms with Crippen molar-refractivity contribution in [2.24, 2.45) is 0 Å². The molecule has 10 rings (SSSR count). The summed E-state index contributed by atoms with van der Waals surface area (Å²) in [5.74, 6) is 0.404. The smallest absolute Gasteiger partial charge is 0.0541 e. The van der Waals surface area contributed by atoms with Gasteiger partial charge >= 0.3 is 0 Å². The first-order valence-corrected chi connectivity index (χ1v) is 16.2. The van der Waals surface area contributed by atoms with E-state index in [2.05, 4.69) is 172 Å². The first-order chi connectivity index (χ1) is 22.8. The molecular weight excluding hydrogens is 558 g/mol. The maximum absolute atomic E-state index is 2.54. The van der Waals surface area contributed by atoms with Crippen molar-refractivity contribution in [2.45, 2.75) is 19.3 Å². The maximum Gasteiger partial charge on any atom is 0.0541 e. The summed E-state index contributed by atoms with van der Waals surface area (Å²) in [5, 5.41) is 6.38. The van der Waals surface area contributed by atoms with E-state index in [-0.39, 0.29) is 0 Å². The van der Waals surface area contributed by atoms with E-state index < -0.39 is 0 Å². The van der Waals surface area contributed by atoms with Crippen LogP contribution in [0.1, 0.15) is 30.5 Å². The summed E-state index contributed by atoms with van der Waals surface area (Å²) in [5.41, 5.74) is 12.3. The highest BCUT2D eigenvalue weighted by Crippen LogP contribution is 2.41. The average Bonchev–Trinajstić information content (AvgIpc) is 3.75. The average molecular weight is 590 g/mol. The Labute approximate surface area is 266 Å². The minimum Gasteiger partial charge on any atom is -0.313 e. The summed E-state index contributed by atoms with van der Waals surface area (Å²) in [6, 6.07) is 51.2. The Morgan fingerprint density at radius 1 is 0.435 bits per heavy atom. The molecule has 218 valence electrons. The number of para-hydroxylation sites is 5. The molecule has 46 heavy (non-hydrogen) atoms. The van der Waals surface area contributed by atoms with Crippen molar-refractivity contribution in [1.29, 1.82) is 0 Å². The van der Waals surface area contributed by atoms with Gasteiger partial charge < -0.3 is 13.7 Å². The molecule has 0 radical (unpaired) electrons. The zero-order chi connectivity index (χ0) is 30.4. The van der Waals surface area contributed by atoms with Crippen molar-refractivity contribution in [3.63, 3.8) is 0 Å². The molecule has 0 aliphatic heterocycles. The molecule has 0 bridgehead atoms. The lowest BCUT2D eigenvalue weighted by Gasteiger charge is -2.21. The summed E-state index contributed by atoms with van der Waals surface area (Å²) in [7, 11) is 0. The Morgan fingerprint density at radius 3 is 1.22 bits per heavy atom. The summed E-state index contributed by atoms with van der Waals surface area (Å²) in [6.07, 6.45) is 5.70. The summed E-state index contributed by atoms with van der Waals surface area (Å²) >= 11 is 0. The van der Waals surface area contributed by atoms with Crippen LogP contribution in [0.4, 0.5) is 0 Å². The number of hydrogen-bond donors (Lipinski definition) is 0. The molecule has 0 fully saturated rings. The van der Waals surface area contributed by atoms with Crippen LogP contribution in [0.25, 0.3) is 77.7 Å². The summed E-state index contributed by atoms with van der Waals surface area (Å²) < 4.78 is 7.44. The lowest BCUT2D eigenvalue weighted by atomic mass is 9.93. The Kier molecular flexibility index (Phi) is 5.32. The molecule has 0 amide bonds. The Balaban J connectivity index is 1.37. The Bertz CT molecular complexity index is 2450. The van der Waals surface area contributed by atoms with E-state index >= 15 is 0 Å². The highest BCUT2D eigenvalue weighted by atomic mass is 15.0. The Morgan fingerprint density at radius 2 is 0.783 bits per heavy atom. The zero-order valence-electron chi connectivity index (χ0n) is 25.6. The molecule has 1 unspecified atom stereocenters.